The monoisotopic (exact) mass is 268 g/mol. The number of rotatable bonds is 5. The van der Waals surface area contributed by atoms with Gasteiger partial charge in [0, 0.05) is 0 Å². The minimum atomic E-state index is -0.669. The number of benzene rings is 1. The highest BCUT2D eigenvalue weighted by atomic mass is 19.1. The molecule has 0 fully saturated rings. The van der Waals surface area contributed by atoms with E-state index in [1.165, 1.54) is 18.2 Å². The van der Waals surface area contributed by atoms with Crippen molar-refractivity contribution in [3.8, 4) is 0 Å². The number of para-hydroxylation sites is 1. The molecule has 0 saturated heterocycles. The highest BCUT2D eigenvalue weighted by Gasteiger charge is 2.09. The molecule has 1 aromatic rings. The molecule has 0 unspecified atom stereocenters. The third-order valence-electron chi connectivity index (χ3n) is 2.09. The lowest BCUT2D eigenvalue weighted by atomic mass is 10.2. The first-order chi connectivity index (χ1) is 8.99. The minimum Gasteiger partial charge on any atom is -0.449 e. The number of halogens is 1. The zero-order valence-electron chi connectivity index (χ0n) is 10.9. The van der Waals surface area contributed by atoms with Crippen molar-refractivity contribution in [3.63, 3.8) is 0 Å². The Hall–Kier alpha value is -2.11. The molecule has 0 atom stereocenters. The van der Waals surface area contributed by atoms with E-state index in [0.717, 1.165) is 0 Å². The number of anilines is 1. The molecule has 2 amide bonds. The Bertz CT molecular complexity index is 449. The molecule has 0 aliphatic heterocycles. The number of ether oxygens (including phenoxy) is 1. The van der Waals surface area contributed by atoms with E-state index in [0.29, 0.717) is 0 Å². The number of amides is 2. The Balaban J connectivity index is 2.32. The summed E-state index contributed by atoms with van der Waals surface area (Å²) < 4.78 is 18.1. The lowest BCUT2D eigenvalue weighted by Crippen LogP contribution is -2.34. The van der Waals surface area contributed by atoms with Crippen molar-refractivity contribution >= 4 is 17.7 Å². The molecule has 0 aliphatic carbocycles. The summed E-state index contributed by atoms with van der Waals surface area (Å²) in [7, 11) is 0. The quantitative estimate of drug-likeness (QED) is 0.859. The summed E-state index contributed by atoms with van der Waals surface area (Å²) in [6.07, 6.45) is -0.669. The Kier molecular flexibility index (Phi) is 5.78. The first-order valence-corrected chi connectivity index (χ1v) is 5.94. The molecular weight excluding hydrogens is 251 g/mol. The molecule has 19 heavy (non-hydrogen) atoms. The Morgan fingerprint density at radius 1 is 1.32 bits per heavy atom. The number of hydrogen-bond acceptors (Lipinski definition) is 3. The van der Waals surface area contributed by atoms with E-state index in [9.17, 15) is 14.0 Å². The molecule has 2 N–H and O–H groups in total. The fourth-order valence-corrected chi connectivity index (χ4v) is 1.20. The average molecular weight is 268 g/mol. The zero-order valence-corrected chi connectivity index (χ0v) is 10.9. The molecule has 0 aliphatic rings. The maximum absolute atomic E-state index is 13.2. The molecular formula is C13H17FN2O3. The van der Waals surface area contributed by atoms with Gasteiger partial charge in [-0.15, -0.1) is 0 Å². The maximum atomic E-state index is 13.2. The maximum Gasteiger partial charge on any atom is 0.407 e. The van der Waals surface area contributed by atoms with Crippen molar-refractivity contribution in [1.29, 1.82) is 0 Å². The lowest BCUT2D eigenvalue weighted by molar-refractivity contribution is -0.115. The topological polar surface area (TPSA) is 67.4 Å². The summed E-state index contributed by atoms with van der Waals surface area (Å²) in [6, 6.07) is 5.79. The Labute approximate surface area is 111 Å². The van der Waals surface area contributed by atoms with Crippen molar-refractivity contribution in [3.05, 3.63) is 30.1 Å². The van der Waals surface area contributed by atoms with Crippen molar-refractivity contribution in [2.24, 2.45) is 5.92 Å². The predicted octanol–water partition coefficient (Wildman–Crippen LogP) is 2.15. The first-order valence-electron chi connectivity index (χ1n) is 5.94. The number of carbonyl (C=O) groups is 2. The molecule has 1 rings (SSSR count). The number of hydrogen-bond donors (Lipinski definition) is 2. The fraction of sp³-hybridized carbons (Fsp3) is 0.385. The predicted molar refractivity (Wildman–Crippen MR) is 69.2 cm³/mol. The second kappa shape index (κ2) is 7.35. The smallest absolute Gasteiger partial charge is 0.407 e. The van der Waals surface area contributed by atoms with Crippen LogP contribution in [0, 0.1) is 11.7 Å². The van der Waals surface area contributed by atoms with Gasteiger partial charge in [0.25, 0.3) is 0 Å². The first kappa shape index (κ1) is 14.9. The van der Waals surface area contributed by atoms with Crippen LogP contribution >= 0.6 is 0 Å². The standard InChI is InChI=1S/C13H17FN2O3/c1-9(2)8-19-13(18)15-7-12(17)16-11-6-4-3-5-10(11)14/h3-6,9H,7-8H2,1-2H3,(H,15,18)(H,16,17). The van der Waals surface area contributed by atoms with Gasteiger partial charge in [0.05, 0.1) is 12.3 Å². The highest BCUT2D eigenvalue weighted by molar-refractivity contribution is 5.93. The van der Waals surface area contributed by atoms with Crippen molar-refractivity contribution < 1.29 is 18.7 Å². The van der Waals surface area contributed by atoms with Crippen molar-refractivity contribution in [2.45, 2.75) is 13.8 Å². The molecule has 0 heterocycles. The van der Waals surface area contributed by atoms with Gasteiger partial charge in [0.15, 0.2) is 0 Å². The van der Waals surface area contributed by atoms with E-state index in [1.54, 1.807) is 6.07 Å². The number of nitrogens with one attached hydrogen (secondary N) is 2. The largest absolute Gasteiger partial charge is 0.449 e. The second-order valence-electron chi connectivity index (χ2n) is 4.37. The molecule has 1 aromatic carbocycles. The molecule has 0 aromatic heterocycles. The molecule has 6 heteroatoms. The van der Waals surface area contributed by atoms with Gasteiger partial charge in [0.2, 0.25) is 5.91 Å². The van der Waals surface area contributed by atoms with Crippen LogP contribution in [-0.4, -0.2) is 25.2 Å². The fourth-order valence-electron chi connectivity index (χ4n) is 1.20. The van der Waals surface area contributed by atoms with Crippen LogP contribution in [0.2, 0.25) is 0 Å². The molecule has 0 radical (unpaired) electrons. The van der Waals surface area contributed by atoms with E-state index in [2.05, 4.69) is 10.6 Å². The minimum absolute atomic E-state index is 0.0739. The molecule has 0 bridgehead atoms. The van der Waals surface area contributed by atoms with Crippen LogP contribution < -0.4 is 10.6 Å². The summed E-state index contributed by atoms with van der Waals surface area (Å²) in [4.78, 5) is 22.6. The molecule has 5 nitrogen and oxygen atoms in total. The number of carbonyl (C=O) groups excluding carboxylic acids is 2. The van der Waals surface area contributed by atoms with Crippen LogP contribution in [0.1, 0.15) is 13.8 Å². The average Bonchev–Trinajstić information content (AvgIpc) is 2.36. The third-order valence-corrected chi connectivity index (χ3v) is 2.09. The molecule has 104 valence electrons. The van der Waals surface area contributed by atoms with Crippen LogP contribution in [0.3, 0.4) is 0 Å². The summed E-state index contributed by atoms with van der Waals surface area (Å²) in [6.45, 7) is 3.81. The summed E-state index contributed by atoms with van der Waals surface area (Å²) in [5.41, 5.74) is 0.0739. The van der Waals surface area contributed by atoms with E-state index in [1.807, 2.05) is 13.8 Å². The summed E-state index contributed by atoms with van der Waals surface area (Å²) in [5, 5.41) is 4.63. The third kappa shape index (κ3) is 5.85. The Morgan fingerprint density at radius 3 is 2.63 bits per heavy atom. The van der Waals surface area contributed by atoms with Gasteiger partial charge in [-0.25, -0.2) is 9.18 Å². The molecule has 0 spiro atoms. The second-order valence-corrected chi connectivity index (χ2v) is 4.37. The van der Waals surface area contributed by atoms with Crippen molar-refractivity contribution in [1.82, 2.24) is 5.32 Å². The van der Waals surface area contributed by atoms with Crippen LogP contribution in [0.25, 0.3) is 0 Å². The van der Waals surface area contributed by atoms with Gasteiger partial charge in [-0.3, -0.25) is 4.79 Å². The van der Waals surface area contributed by atoms with Crippen molar-refractivity contribution in [2.75, 3.05) is 18.5 Å². The van der Waals surface area contributed by atoms with E-state index in [4.69, 9.17) is 4.74 Å². The van der Waals surface area contributed by atoms with Crippen LogP contribution in [-0.2, 0) is 9.53 Å². The zero-order chi connectivity index (χ0) is 14.3. The summed E-state index contributed by atoms with van der Waals surface area (Å²) in [5.74, 6) is -0.831. The lowest BCUT2D eigenvalue weighted by Gasteiger charge is -2.09. The van der Waals surface area contributed by atoms with E-state index in [-0.39, 0.29) is 24.8 Å². The SMILES string of the molecule is CC(C)COC(=O)NCC(=O)Nc1ccccc1F. The van der Waals surface area contributed by atoms with Gasteiger partial charge >= 0.3 is 6.09 Å². The van der Waals surface area contributed by atoms with Gasteiger partial charge < -0.3 is 15.4 Å². The normalized spacial score (nSPS) is 10.1. The molecule has 0 saturated carbocycles. The summed E-state index contributed by atoms with van der Waals surface area (Å²) >= 11 is 0. The van der Waals surface area contributed by atoms with Gasteiger partial charge in [-0.05, 0) is 18.1 Å². The van der Waals surface area contributed by atoms with Crippen LogP contribution in [0.15, 0.2) is 24.3 Å². The highest BCUT2D eigenvalue weighted by Crippen LogP contribution is 2.11. The van der Waals surface area contributed by atoms with Crippen LogP contribution in [0.5, 0.6) is 0 Å². The van der Waals surface area contributed by atoms with E-state index >= 15 is 0 Å². The number of alkyl carbamates (subject to hydrolysis) is 1. The van der Waals surface area contributed by atoms with Gasteiger partial charge in [0.1, 0.15) is 12.4 Å². The van der Waals surface area contributed by atoms with E-state index < -0.39 is 17.8 Å². The Morgan fingerprint density at radius 2 is 2.00 bits per heavy atom. The van der Waals surface area contributed by atoms with Crippen LogP contribution in [0.4, 0.5) is 14.9 Å². The van der Waals surface area contributed by atoms with Gasteiger partial charge in [-0.1, -0.05) is 26.0 Å². The van der Waals surface area contributed by atoms with Gasteiger partial charge in [-0.2, -0.15) is 0 Å².